The van der Waals surface area contributed by atoms with Crippen molar-refractivity contribution in [1.29, 1.82) is 0 Å². The summed E-state index contributed by atoms with van der Waals surface area (Å²) in [7, 11) is 4.10. The smallest absolute Gasteiger partial charge is 0.221 e. The monoisotopic (exact) mass is 317 g/mol. The molecule has 0 unspecified atom stereocenters. The molecule has 0 atom stereocenters. The zero-order valence-electron chi connectivity index (χ0n) is 14.6. The molecular formula is C19H31N3O. The fraction of sp³-hybridized carbons (Fsp3) is 0.632. The van der Waals surface area contributed by atoms with Crippen LogP contribution in [-0.2, 0) is 17.9 Å². The minimum atomic E-state index is 0.106. The van der Waals surface area contributed by atoms with Crippen LogP contribution in [-0.4, -0.2) is 37.5 Å². The fourth-order valence-electron chi connectivity index (χ4n) is 3.32. The number of nitrogens with zero attached hydrogens (tertiary/aromatic N) is 1. The number of carbonyl (C=O) groups excluding carboxylic acids is 1. The summed E-state index contributed by atoms with van der Waals surface area (Å²) in [6, 6.07) is 9.17. The van der Waals surface area contributed by atoms with Crippen molar-refractivity contribution in [2.24, 2.45) is 0 Å². The Labute approximate surface area is 140 Å². The molecule has 2 N–H and O–H groups in total. The normalized spacial score (nSPS) is 15.8. The highest BCUT2D eigenvalue weighted by atomic mass is 16.1. The van der Waals surface area contributed by atoms with E-state index in [1.54, 1.807) is 0 Å². The Hall–Kier alpha value is -1.39. The molecule has 0 aliphatic heterocycles. The predicted octanol–water partition coefficient (Wildman–Crippen LogP) is 2.68. The maximum Gasteiger partial charge on any atom is 0.221 e. The van der Waals surface area contributed by atoms with Crippen LogP contribution >= 0.6 is 0 Å². The molecule has 1 aliphatic rings. The van der Waals surface area contributed by atoms with E-state index in [-0.39, 0.29) is 5.91 Å². The lowest BCUT2D eigenvalue weighted by molar-refractivity contribution is -0.121. The first-order valence-electron chi connectivity index (χ1n) is 8.89. The average Bonchev–Trinajstić information content (AvgIpc) is 2.60. The molecule has 0 bridgehead atoms. The summed E-state index contributed by atoms with van der Waals surface area (Å²) in [4.78, 5) is 14.3. The quantitative estimate of drug-likeness (QED) is 0.775. The molecule has 1 saturated carbocycles. The zero-order chi connectivity index (χ0) is 16.5. The number of nitrogens with one attached hydrogen (secondary N) is 2. The van der Waals surface area contributed by atoms with Gasteiger partial charge in [-0.1, -0.05) is 43.5 Å². The summed E-state index contributed by atoms with van der Waals surface area (Å²) in [5, 5.41) is 6.03. The molecule has 4 nitrogen and oxygen atoms in total. The van der Waals surface area contributed by atoms with Crippen LogP contribution in [0.1, 0.15) is 49.7 Å². The molecule has 1 aliphatic carbocycles. The van der Waals surface area contributed by atoms with Gasteiger partial charge in [0.15, 0.2) is 0 Å². The molecule has 0 radical (unpaired) electrons. The van der Waals surface area contributed by atoms with Crippen LogP contribution in [0.5, 0.6) is 0 Å². The van der Waals surface area contributed by atoms with Gasteiger partial charge in [0, 0.05) is 32.1 Å². The van der Waals surface area contributed by atoms with Crippen molar-refractivity contribution in [2.75, 3.05) is 20.6 Å². The summed E-state index contributed by atoms with van der Waals surface area (Å²) in [5.41, 5.74) is 2.56. The second-order valence-electron chi connectivity index (χ2n) is 6.61. The van der Waals surface area contributed by atoms with Crippen molar-refractivity contribution in [3.63, 3.8) is 0 Å². The molecular weight excluding hydrogens is 286 g/mol. The third-order valence-corrected chi connectivity index (χ3v) is 4.81. The summed E-state index contributed by atoms with van der Waals surface area (Å²) >= 11 is 0. The Bertz CT molecular complexity index is 483. The van der Waals surface area contributed by atoms with E-state index in [0.717, 1.165) is 13.1 Å². The van der Waals surface area contributed by atoms with Gasteiger partial charge >= 0.3 is 0 Å². The molecule has 1 fully saturated rings. The van der Waals surface area contributed by atoms with Gasteiger partial charge in [-0.2, -0.15) is 0 Å². The fourth-order valence-corrected chi connectivity index (χ4v) is 3.32. The minimum Gasteiger partial charge on any atom is -0.352 e. The number of rotatable bonds is 8. The third kappa shape index (κ3) is 5.96. The second-order valence-corrected chi connectivity index (χ2v) is 6.61. The van der Waals surface area contributed by atoms with Crippen LogP contribution in [0.3, 0.4) is 0 Å². The maximum atomic E-state index is 11.8. The van der Waals surface area contributed by atoms with Crippen molar-refractivity contribution in [3.8, 4) is 0 Å². The number of hydrogen-bond donors (Lipinski definition) is 2. The van der Waals surface area contributed by atoms with E-state index in [0.29, 0.717) is 19.0 Å². The number of benzene rings is 1. The Morgan fingerprint density at radius 3 is 2.57 bits per heavy atom. The third-order valence-electron chi connectivity index (χ3n) is 4.81. The second kappa shape index (κ2) is 9.68. The van der Waals surface area contributed by atoms with Crippen molar-refractivity contribution in [3.05, 3.63) is 35.4 Å². The lowest BCUT2D eigenvalue weighted by atomic mass is 9.94. The summed E-state index contributed by atoms with van der Waals surface area (Å²) in [5.74, 6) is 0.106. The molecule has 2 rings (SSSR count). The first kappa shape index (κ1) is 18.0. The van der Waals surface area contributed by atoms with Gasteiger partial charge in [0.05, 0.1) is 0 Å². The Morgan fingerprint density at radius 1 is 1.17 bits per heavy atom. The summed E-state index contributed by atoms with van der Waals surface area (Å²) < 4.78 is 0. The number of carbonyl (C=O) groups is 1. The van der Waals surface area contributed by atoms with E-state index < -0.39 is 0 Å². The largest absolute Gasteiger partial charge is 0.352 e. The summed E-state index contributed by atoms with van der Waals surface area (Å²) in [6.45, 7) is 2.31. The van der Waals surface area contributed by atoms with Crippen molar-refractivity contribution >= 4 is 5.91 Å². The van der Waals surface area contributed by atoms with Gasteiger partial charge < -0.3 is 10.6 Å². The standard InChI is InChI=1S/C19H31N3O/c1-20-13-12-19(23)21-14-16-8-6-7-9-17(16)15-22(2)18-10-4-3-5-11-18/h6-9,18,20H,3-5,10-15H2,1-2H3,(H,21,23). The molecule has 1 aromatic carbocycles. The van der Waals surface area contributed by atoms with Gasteiger partial charge in [-0.3, -0.25) is 9.69 Å². The molecule has 1 amide bonds. The van der Waals surface area contributed by atoms with Crippen molar-refractivity contribution < 1.29 is 4.79 Å². The molecule has 23 heavy (non-hydrogen) atoms. The predicted molar refractivity (Wildman–Crippen MR) is 95.2 cm³/mol. The first-order valence-corrected chi connectivity index (χ1v) is 8.89. The Balaban J connectivity index is 1.90. The van der Waals surface area contributed by atoms with Gasteiger partial charge in [-0.15, -0.1) is 0 Å². The topological polar surface area (TPSA) is 44.4 Å². The van der Waals surface area contributed by atoms with E-state index in [1.165, 1.54) is 43.2 Å². The van der Waals surface area contributed by atoms with Crippen molar-refractivity contribution in [1.82, 2.24) is 15.5 Å². The lowest BCUT2D eigenvalue weighted by Crippen LogP contribution is -2.33. The molecule has 0 spiro atoms. The Morgan fingerprint density at radius 2 is 1.87 bits per heavy atom. The van der Waals surface area contributed by atoms with E-state index in [4.69, 9.17) is 0 Å². The lowest BCUT2D eigenvalue weighted by Gasteiger charge is -2.31. The van der Waals surface area contributed by atoms with Gasteiger partial charge in [0.1, 0.15) is 0 Å². The highest BCUT2D eigenvalue weighted by Crippen LogP contribution is 2.23. The highest BCUT2D eigenvalue weighted by Gasteiger charge is 2.18. The number of hydrogen-bond acceptors (Lipinski definition) is 3. The van der Waals surface area contributed by atoms with Crippen LogP contribution in [0, 0.1) is 0 Å². The molecule has 1 aromatic rings. The molecule has 0 aromatic heterocycles. The van der Waals surface area contributed by atoms with Crippen LogP contribution in [0.2, 0.25) is 0 Å². The first-order chi connectivity index (χ1) is 11.2. The average molecular weight is 317 g/mol. The van der Waals surface area contributed by atoms with E-state index in [1.807, 2.05) is 7.05 Å². The maximum absolute atomic E-state index is 11.8. The highest BCUT2D eigenvalue weighted by molar-refractivity contribution is 5.76. The SMILES string of the molecule is CNCCC(=O)NCc1ccccc1CN(C)C1CCCCC1. The van der Waals surface area contributed by atoms with Crippen LogP contribution in [0.25, 0.3) is 0 Å². The van der Waals surface area contributed by atoms with E-state index in [9.17, 15) is 4.79 Å². The molecule has 0 saturated heterocycles. The zero-order valence-corrected chi connectivity index (χ0v) is 14.6. The van der Waals surface area contributed by atoms with Gasteiger partial charge in [-0.25, -0.2) is 0 Å². The van der Waals surface area contributed by atoms with Gasteiger partial charge in [0.2, 0.25) is 5.91 Å². The van der Waals surface area contributed by atoms with Crippen molar-refractivity contribution in [2.45, 2.75) is 57.7 Å². The van der Waals surface area contributed by atoms with E-state index in [2.05, 4.69) is 46.8 Å². The summed E-state index contributed by atoms with van der Waals surface area (Å²) in [6.07, 6.45) is 7.27. The number of amides is 1. The van der Waals surface area contributed by atoms with E-state index >= 15 is 0 Å². The van der Waals surface area contributed by atoms with Crippen LogP contribution in [0.15, 0.2) is 24.3 Å². The van der Waals surface area contributed by atoms with Crippen LogP contribution in [0.4, 0.5) is 0 Å². The molecule has 4 heteroatoms. The molecule has 128 valence electrons. The van der Waals surface area contributed by atoms with Crippen LogP contribution < -0.4 is 10.6 Å². The van der Waals surface area contributed by atoms with Gasteiger partial charge in [0.25, 0.3) is 0 Å². The molecule has 0 heterocycles. The van der Waals surface area contributed by atoms with Gasteiger partial charge in [-0.05, 0) is 38.1 Å². The Kier molecular flexibility index (Phi) is 7.56. The minimum absolute atomic E-state index is 0.106.